The molecule has 2 heteroatoms. The number of unbranched alkanes of at least 4 members (excludes halogenated alkanes) is 7. The van der Waals surface area contributed by atoms with Crippen molar-refractivity contribution in [1.82, 2.24) is 0 Å². The molecular weight excluding hydrogens is 232 g/mol. The Kier molecular flexibility index (Phi) is 8.11. The van der Waals surface area contributed by atoms with E-state index < -0.39 is 0 Å². The third-order valence-electron chi connectivity index (χ3n) is 3.46. The third-order valence-corrected chi connectivity index (χ3v) is 3.46. The lowest BCUT2D eigenvalue weighted by Crippen LogP contribution is -2.02. The van der Waals surface area contributed by atoms with E-state index in [2.05, 4.69) is 25.2 Å². The largest absolute Gasteiger partial charge is 0.399 e. The number of nitrogens with one attached hydrogen (secondary N) is 1. The molecule has 0 spiro atoms. The molecule has 0 saturated carbocycles. The summed E-state index contributed by atoms with van der Waals surface area (Å²) in [4.78, 5) is 0. The summed E-state index contributed by atoms with van der Waals surface area (Å²) in [6.07, 6.45) is 10.9. The lowest BCUT2D eigenvalue weighted by Gasteiger charge is -2.08. The van der Waals surface area contributed by atoms with Crippen molar-refractivity contribution >= 4 is 11.4 Å². The first-order chi connectivity index (χ1) is 9.22. The van der Waals surface area contributed by atoms with Crippen LogP contribution < -0.4 is 11.1 Å². The Bertz CT molecular complexity index is 327. The highest BCUT2D eigenvalue weighted by molar-refractivity contribution is 5.56. The van der Waals surface area contributed by atoms with Crippen LogP contribution in [0.15, 0.2) is 18.2 Å². The van der Waals surface area contributed by atoms with Crippen LogP contribution in [0.3, 0.4) is 0 Å². The fourth-order valence-corrected chi connectivity index (χ4v) is 2.41. The number of benzene rings is 1. The highest BCUT2D eigenvalue weighted by Crippen LogP contribution is 2.16. The molecule has 0 aliphatic heterocycles. The Hall–Kier alpha value is -1.18. The van der Waals surface area contributed by atoms with Crippen molar-refractivity contribution in [2.45, 2.75) is 65.2 Å². The SMILES string of the molecule is CCCCCCCCCCNc1cc(C)cc(N)c1. The summed E-state index contributed by atoms with van der Waals surface area (Å²) in [7, 11) is 0. The molecule has 1 rings (SSSR count). The standard InChI is InChI=1S/C17H30N2/c1-3-4-5-6-7-8-9-10-11-19-17-13-15(2)12-16(18)14-17/h12-14,19H,3-11,18H2,1-2H3. The van der Waals surface area contributed by atoms with Gasteiger partial charge >= 0.3 is 0 Å². The van der Waals surface area contributed by atoms with Crippen molar-refractivity contribution in [2.75, 3.05) is 17.6 Å². The molecule has 0 amide bonds. The van der Waals surface area contributed by atoms with Gasteiger partial charge in [-0.1, -0.05) is 51.9 Å². The molecule has 0 aliphatic rings. The van der Waals surface area contributed by atoms with Crippen molar-refractivity contribution in [3.05, 3.63) is 23.8 Å². The van der Waals surface area contributed by atoms with Gasteiger partial charge in [0.15, 0.2) is 0 Å². The van der Waals surface area contributed by atoms with Gasteiger partial charge in [0, 0.05) is 17.9 Å². The third kappa shape index (κ3) is 7.76. The van der Waals surface area contributed by atoms with Crippen molar-refractivity contribution in [3.8, 4) is 0 Å². The van der Waals surface area contributed by atoms with Gasteiger partial charge < -0.3 is 11.1 Å². The molecule has 0 bridgehead atoms. The fourth-order valence-electron chi connectivity index (χ4n) is 2.41. The minimum atomic E-state index is 0.846. The molecule has 19 heavy (non-hydrogen) atoms. The topological polar surface area (TPSA) is 38.0 Å². The molecule has 0 unspecified atom stereocenters. The van der Waals surface area contributed by atoms with Gasteiger partial charge in [-0.3, -0.25) is 0 Å². The molecule has 0 aliphatic carbocycles. The molecule has 2 nitrogen and oxygen atoms in total. The lowest BCUT2D eigenvalue weighted by atomic mass is 10.1. The monoisotopic (exact) mass is 262 g/mol. The van der Waals surface area contributed by atoms with Gasteiger partial charge in [0.2, 0.25) is 0 Å². The number of rotatable bonds is 10. The molecule has 3 N–H and O–H groups in total. The van der Waals surface area contributed by atoms with E-state index in [0.29, 0.717) is 0 Å². The summed E-state index contributed by atoms with van der Waals surface area (Å²) in [6.45, 7) is 5.40. The second-order valence-corrected chi connectivity index (χ2v) is 5.53. The predicted octanol–water partition coefficient (Wildman–Crippen LogP) is 5.13. The molecule has 0 saturated heterocycles. The van der Waals surface area contributed by atoms with E-state index in [-0.39, 0.29) is 0 Å². The average molecular weight is 262 g/mol. The summed E-state index contributed by atoms with van der Waals surface area (Å²) >= 11 is 0. The Morgan fingerprint density at radius 2 is 1.53 bits per heavy atom. The molecule has 0 heterocycles. The first-order valence-corrected chi connectivity index (χ1v) is 7.83. The number of anilines is 2. The summed E-state index contributed by atoms with van der Waals surface area (Å²) < 4.78 is 0. The zero-order valence-electron chi connectivity index (χ0n) is 12.7. The Balaban J connectivity index is 2.01. The molecule has 1 aromatic carbocycles. The molecule has 0 radical (unpaired) electrons. The summed E-state index contributed by atoms with van der Waals surface area (Å²) in [5, 5.41) is 3.46. The van der Waals surface area contributed by atoms with Crippen LogP contribution in [0.5, 0.6) is 0 Å². The number of aryl methyl sites for hydroxylation is 1. The smallest absolute Gasteiger partial charge is 0.0363 e. The van der Waals surface area contributed by atoms with Crippen LogP contribution in [0.2, 0.25) is 0 Å². The molecule has 1 aromatic rings. The fraction of sp³-hybridized carbons (Fsp3) is 0.647. The Labute approximate surface area is 118 Å². The first-order valence-electron chi connectivity index (χ1n) is 7.83. The average Bonchev–Trinajstić information content (AvgIpc) is 2.36. The van der Waals surface area contributed by atoms with Gasteiger partial charge in [-0.2, -0.15) is 0 Å². The maximum Gasteiger partial charge on any atom is 0.0363 e. The van der Waals surface area contributed by atoms with Gasteiger partial charge in [-0.25, -0.2) is 0 Å². The van der Waals surface area contributed by atoms with Crippen LogP contribution >= 0.6 is 0 Å². The van der Waals surface area contributed by atoms with Crippen LogP contribution in [0.25, 0.3) is 0 Å². The number of hydrogen-bond donors (Lipinski definition) is 2. The molecular formula is C17H30N2. The van der Waals surface area contributed by atoms with E-state index in [1.165, 1.54) is 56.9 Å². The second kappa shape index (κ2) is 9.71. The summed E-state index contributed by atoms with van der Waals surface area (Å²) in [6, 6.07) is 6.17. The highest BCUT2D eigenvalue weighted by Gasteiger charge is 1.96. The van der Waals surface area contributed by atoms with Crippen LogP contribution in [-0.4, -0.2) is 6.54 Å². The number of hydrogen-bond acceptors (Lipinski definition) is 2. The van der Waals surface area contributed by atoms with Gasteiger partial charge in [-0.15, -0.1) is 0 Å². The van der Waals surface area contributed by atoms with Crippen molar-refractivity contribution in [1.29, 1.82) is 0 Å². The molecule has 0 atom stereocenters. The first kappa shape index (κ1) is 15.9. The van der Waals surface area contributed by atoms with Gasteiger partial charge in [0.1, 0.15) is 0 Å². The van der Waals surface area contributed by atoms with E-state index >= 15 is 0 Å². The minimum absolute atomic E-state index is 0.846. The van der Waals surface area contributed by atoms with Gasteiger partial charge in [0.05, 0.1) is 0 Å². The maximum absolute atomic E-state index is 5.83. The van der Waals surface area contributed by atoms with Gasteiger partial charge in [0.25, 0.3) is 0 Å². The van der Waals surface area contributed by atoms with Crippen LogP contribution in [0.1, 0.15) is 63.9 Å². The lowest BCUT2D eigenvalue weighted by molar-refractivity contribution is 0.581. The van der Waals surface area contributed by atoms with E-state index in [9.17, 15) is 0 Å². The summed E-state index contributed by atoms with van der Waals surface area (Å²) in [5.74, 6) is 0. The Morgan fingerprint density at radius 1 is 0.895 bits per heavy atom. The molecule has 108 valence electrons. The van der Waals surface area contributed by atoms with Crippen molar-refractivity contribution < 1.29 is 0 Å². The summed E-state index contributed by atoms with van der Waals surface area (Å²) in [5.41, 5.74) is 9.05. The van der Waals surface area contributed by atoms with Crippen molar-refractivity contribution in [2.24, 2.45) is 0 Å². The normalized spacial score (nSPS) is 10.6. The maximum atomic E-state index is 5.83. The highest BCUT2D eigenvalue weighted by atomic mass is 14.9. The van der Waals surface area contributed by atoms with Gasteiger partial charge in [-0.05, 0) is 37.1 Å². The number of nitrogens with two attached hydrogens (primary N) is 1. The minimum Gasteiger partial charge on any atom is -0.399 e. The van der Waals surface area contributed by atoms with Crippen molar-refractivity contribution in [3.63, 3.8) is 0 Å². The zero-order valence-corrected chi connectivity index (χ0v) is 12.7. The molecule has 0 aromatic heterocycles. The second-order valence-electron chi connectivity index (χ2n) is 5.53. The van der Waals surface area contributed by atoms with Crippen LogP contribution in [0.4, 0.5) is 11.4 Å². The van der Waals surface area contributed by atoms with E-state index in [1.807, 2.05) is 12.1 Å². The zero-order chi connectivity index (χ0) is 13.9. The Morgan fingerprint density at radius 3 is 2.16 bits per heavy atom. The van der Waals surface area contributed by atoms with E-state index in [0.717, 1.165) is 17.9 Å². The molecule has 0 fully saturated rings. The van der Waals surface area contributed by atoms with E-state index in [4.69, 9.17) is 5.73 Å². The predicted molar refractivity (Wildman–Crippen MR) is 86.7 cm³/mol. The van der Waals surface area contributed by atoms with Crippen LogP contribution in [0, 0.1) is 6.92 Å². The number of nitrogen functional groups attached to an aromatic ring is 1. The van der Waals surface area contributed by atoms with Crippen LogP contribution in [-0.2, 0) is 0 Å². The van der Waals surface area contributed by atoms with E-state index in [1.54, 1.807) is 0 Å². The quantitative estimate of drug-likeness (QED) is 0.453.